The molecule has 1 N–H and O–H groups in total. The van der Waals surface area contributed by atoms with Crippen molar-refractivity contribution in [1.82, 2.24) is 9.13 Å². The lowest BCUT2D eigenvalue weighted by Crippen LogP contribution is -2.19. The number of sulfonamides is 1. The number of rotatable bonds is 4. The standard InChI is InChI=1S/C16H15Cl2N3O3S/c1-20-14-7-6-10(8-15(14)21(2)16(20)22)19-25(23,24)9-11-12(17)4-3-5-13(11)18/h3-8,19H,9H2,1-2H3. The first-order valence-electron chi connectivity index (χ1n) is 7.28. The number of fused-ring (bicyclic) bond motifs is 1. The fraction of sp³-hybridized carbons (Fsp3) is 0.188. The van der Waals surface area contributed by atoms with E-state index in [0.717, 1.165) is 0 Å². The summed E-state index contributed by atoms with van der Waals surface area (Å²) < 4.78 is 30.4. The monoisotopic (exact) mass is 399 g/mol. The van der Waals surface area contributed by atoms with E-state index in [1.54, 1.807) is 50.5 Å². The maximum absolute atomic E-state index is 12.5. The van der Waals surface area contributed by atoms with Crippen LogP contribution >= 0.6 is 23.2 Å². The zero-order valence-electron chi connectivity index (χ0n) is 13.5. The van der Waals surface area contributed by atoms with Crippen LogP contribution in [0.1, 0.15) is 5.56 Å². The van der Waals surface area contributed by atoms with Crippen molar-refractivity contribution >= 4 is 49.9 Å². The molecule has 0 saturated carbocycles. The lowest BCUT2D eigenvalue weighted by atomic mass is 10.2. The summed E-state index contributed by atoms with van der Waals surface area (Å²) in [4.78, 5) is 12.0. The van der Waals surface area contributed by atoms with Crippen LogP contribution in [0.2, 0.25) is 10.0 Å². The summed E-state index contributed by atoms with van der Waals surface area (Å²) in [6.45, 7) is 0. The van der Waals surface area contributed by atoms with Crippen LogP contribution in [-0.2, 0) is 29.9 Å². The van der Waals surface area contributed by atoms with Crippen molar-refractivity contribution in [2.75, 3.05) is 4.72 Å². The lowest BCUT2D eigenvalue weighted by Gasteiger charge is -2.11. The Labute approximate surface area is 154 Å². The predicted molar refractivity (Wildman–Crippen MR) is 101 cm³/mol. The average Bonchev–Trinajstić information content (AvgIpc) is 2.75. The third-order valence-corrected chi connectivity index (χ3v) is 5.87. The molecular weight excluding hydrogens is 385 g/mol. The molecule has 132 valence electrons. The third kappa shape index (κ3) is 3.40. The molecule has 3 rings (SSSR count). The van der Waals surface area contributed by atoms with Gasteiger partial charge in [0, 0.05) is 29.7 Å². The number of hydrogen-bond acceptors (Lipinski definition) is 3. The van der Waals surface area contributed by atoms with Crippen LogP contribution < -0.4 is 10.4 Å². The number of nitrogens with zero attached hydrogens (tertiary/aromatic N) is 2. The number of aryl methyl sites for hydroxylation is 2. The Kier molecular flexibility index (Phi) is 4.57. The molecule has 0 aliphatic heterocycles. The van der Waals surface area contributed by atoms with Gasteiger partial charge in [0.05, 0.1) is 22.5 Å². The van der Waals surface area contributed by atoms with Crippen molar-refractivity contribution < 1.29 is 8.42 Å². The molecule has 0 aliphatic carbocycles. The number of hydrogen-bond donors (Lipinski definition) is 1. The van der Waals surface area contributed by atoms with Gasteiger partial charge in [-0.25, -0.2) is 13.2 Å². The van der Waals surface area contributed by atoms with E-state index >= 15 is 0 Å². The van der Waals surface area contributed by atoms with E-state index in [2.05, 4.69) is 4.72 Å². The number of imidazole rings is 1. The highest BCUT2D eigenvalue weighted by Gasteiger charge is 2.17. The summed E-state index contributed by atoms with van der Waals surface area (Å²) in [6, 6.07) is 9.74. The van der Waals surface area contributed by atoms with Gasteiger partial charge in [0.1, 0.15) is 0 Å². The molecule has 0 atom stereocenters. The average molecular weight is 400 g/mol. The number of aromatic nitrogens is 2. The zero-order valence-corrected chi connectivity index (χ0v) is 15.8. The van der Waals surface area contributed by atoms with E-state index in [1.165, 1.54) is 9.13 Å². The number of anilines is 1. The molecule has 9 heteroatoms. The summed E-state index contributed by atoms with van der Waals surface area (Å²) in [6.07, 6.45) is 0. The van der Waals surface area contributed by atoms with Gasteiger partial charge in [-0.05, 0) is 30.3 Å². The van der Waals surface area contributed by atoms with Gasteiger partial charge in [-0.2, -0.15) is 0 Å². The van der Waals surface area contributed by atoms with Gasteiger partial charge in [0.2, 0.25) is 10.0 Å². The van der Waals surface area contributed by atoms with Crippen molar-refractivity contribution in [3.63, 3.8) is 0 Å². The zero-order chi connectivity index (χ0) is 18.4. The van der Waals surface area contributed by atoms with Gasteiger partial charge >= 0.3 is 5.69 Å². The summed E-state index contributed by atoms with van der Waals surface area (Å²) in [5.74, 6) is -0.350. The first-order chi connectivity index (χ1) is 11.7. The molecule has 25 heavy (non-hydrogen) atoms. The Morgan fingerprint density at radius 1 is 1.00 bits per heavy atom. The second kappa shape index (κ2) is 6.40. The van der Waals surface area contributed by atoms with E-state index in [0.29, 0.717) is 32.3 Å². The van der Waals surface area contributed by atoms with Crippen LogP contribution in [0.5, 0.6) is 0 Å². The van der Waals surface area contributed by atoms with Crippen molar-refractivity contribution in [2.45, 2.75) is 5.75 Å². The van der Waals surface area contributed by atoms with E-state index in [1.807, 2.05) is 0 Å². The van der Waals surface area contributed by atoms with Crippen LogP contribution in [0.25, 0.3) is 11.0 Å². The first-order valence-corrected chi connectivity index (χ1v) is 9.69. The number of halogens is 2. The van der Waals surface area contributed by atoms with Crippen molar-refractivity contribution in [3.05, 3.63) is 62.5 Å². The maximum Gasteiger partial charge on any atom is 0.328 e. The normalized spacial score (nSPS) is 11.8. The Morgan fingerprint density at radius 2 is 1.60 bits per heavy atom. The van der Waals surface area contributed by atoms with Crippen LogP contribution in [0, 0.1) is 0 Å². The van der Waals surface area contributed by atoms with E-state index in [9.17, 15) is 13.2 Å². The predicted octanol–water partition coefficient (Wildman–Crippen LogP) is 3.13. The Morgan fingerprint density at radius 3 is 2.24 bits per heavy atom. The van der Waals surface area contributed by atoms with Gasteiger partial charge in [-0.15, -0.1) is 0 Å². The molecule has 2 aromatic carbocycles. The highest BCUT2D eigenvalue weighted by atomic mass is 35.5. The fourth-order valence-electron chi connectivity index (χ4n) is 2.65. The maximum atomic E-state index is 12.5. The smallest absolute Gasteiger partial charge is 0.295 e. The molecule has 0 unspecified atom stereocenters. The van der Waals surface area contributed by atoms with Crippen molar-refractivity contribution in [1.29, 1.82) is 0 Å². The van der Waals surface area contributed by atoms with E-state index in [4.69, 9.17) is 23.2 Å². The van der Waals surface area contributed by atoms with Crippen LogP contribution in [0.3, 0.4) is 0 Å². The minimum Gasteiger partial charge on any atom is -0.295 e. The number of nitrogens with one attached hydrogen (secondary N) is 1. The van der Waals surface area contributed by atoms with Gasteiger partial charge in [0.25, 0.3) is 0 Å². The highest BCUT2D eigenvalue weighted by molar-refractivity contribution is 7.91. The Bertz CT molecular complexity index is 1110. The van der Waals surface area contributed by atoms with Gasteiger partial charge < -0.3 is 0 Å². The molecule has 0 amide bonds. The largest absolute Gasteiger partial charge is 0.328 e. The summed E-state index contributed by atoms with van der Waals surface area (Å²) >= 11 is 12.1. The molecule has 0 radical (unpaired) electrons. The second-order valence-corrected chi connectivity index (χ2v) is 8.20. The van der Waals surface area contributed by atoms with Crippen molar-refractivity contribution in [2.24, 2.45) is 14.1 Å². The topological polar surface area (TPSA) is 73.1 Å². The summed E-state index contributed by atoms with van der Waals surface area (Å²) in [7, 11) is -0.439. The first kappa shape index (κ1) is 17.8. The molecule has 0 aliphatic rings. The minimum atomic E-state index is -3.73. The van der Waals surface area contributed by atoms with Crippen LogP contribution in [0.4, 0.5) is 5.69 Å². The highest BCUT2D eigenvalue weighted by Crippen LogP contribution is 2.27. The van der Waals surface area contributed by atoms with E-state index < -0.39 is 10.0 Å². The SMILES string of the molecule is Cn1c(=O)n(C)c2cc(NS(=O)(=O)Cc3c(Cl)cccc3Cl)ccc21. The Hall–Kier alpha value is -1.96. The second-order valence-electron chi connectivity index (χ2n) is 5.67. The van der Waals surface area contributed by atoms with Gasteiger partial charge in [-0.3, -0.25) is 13.9 Å². The molecule has 6 nitrogen and oxygen atoms in total. The molecule has 3 aromatic rings. The molecule has 1 aromatic heterocycles. The minimum absolute atomic E-state index is 0.183. The van der Waals surface area contributed by atoms with Gasteiger partial charge in [-0.1, -0.05) is 29.3 Å². The quantitative estimate of drug-likeness (QED) is 0.732. The van der Waals surface area contributed by atoms with Crippen LogP contribution in [0.15, 0.2) is 41.2 Å². The van der Waals surface area contributed by atoms with Gasteiger partial charge in [0.15, 0.2) is 0 Å². The van der Waals surface area contributed by atoms with E-state index in [-0.39, 0.29) is 11.4 Å². The molecular formula is C16H15Cl2N3O3S. The molecule has 1 heterocycles. The summed E-state index contributed by atoms with van der Waals surface area (Å²) in [5.41, 5.74) is 1.86. The Balaban J connectivity index is 1.95. The van der Waals surface area contributed by atoms with Crippen LogP contribution in [-0.4, -0.2) is 17.6 Å². The molecule has 0 bridgehead atoms. The van der Waals surface area contributed by atoms with Crippen molar-refractivity contribution in [3.8, 4) is 0 Å². The fourth-order valence-corrected chi connectivity index (χ4v) is 4.59. The number of benzene rings is 2. The summed E-state index contributed by atoms with van der Waals surface area (Å²) in [5, 5.41) is 0.581. The lowest BCUT2D eigenvalue weighted by molar-refractivity contribution is 0.600. The molecule has 0 fully saturated rings. The molecule has 0 spiro atoms. The molecule has 0 saturated heterocycles. The third-order valence-electron chi connectivity index (χ3n) is 3.94.